The summed E-state index contributed by atoms with van der Waals surface area (Å²) in [7, 11) is 0. The molecule has 2 saturated heterocycles. The zero-order chi connectivity index (χ0) is 32.3. The van der Waals surface area contributed by atoms with Crippen molar-refractivity contribution in [3.8, 4) is 5.75 Å². The van der Waals surface area contributed by atoms with Crippen molar-refractivity contribution in [2.45, 2.75) is 64.1 Å². The summed E-state index contributed by atoms with van der Waals surface area (Å²) in [5.41, 5.74) is 4.13. The molecule has 0 saturated carbocycles. The van der Waals surface area contributed by atoms with Crippen molar-refractivity contribution in [2.24, 2.45) is 0 Å². The first-order chi connectivity index (χ1) is 22.4. The standard InChI is InChI=1S/C38H50N4O4/c1-30-28-40(29-31-12-5-4-6-13-31)23-25-42(30)37(33-15-10-17-35(43)27-33)32-14-9-16-34(26-32)38(46)41-21-11-20-39(22-24-41)19-8-3-2-7-18-36(44)45/h4-6,9-10,12-17,26-27,30,37,43H,2-3,7-8,11,18-25,28-29H2,1H3,(H,44,45). The Labute approximate surface area is 274 Å². The van der Waals surface area contributed by atoms with Crippen LogP contribution in [0.4, 0.5) is 0 Å². The molecule has 2 unspecified atom stereocenters. The van der Waals surface area contributed by atoms with E-state index < -0.39 is 5.97 Å². The number of carboxylic acid groups (broad SMARTS) is 1. The SMILES string of the molecule is CC1CN(Cc2ccccc2)CCN1C(c1cccc(O)c1)c1cccc(C(=O)N2CCCN(CCCCCCC(=O)O)CC2)c1. The number of carbonyl (C=O) groups excluding carboxylic acids is 1. The number of unbranched alkanes of at least 4 members (excludes halogenated alkanes) is 3. The lowest BCUT2D eigenvalue weighted by atomic mass is 9.93. The highest BCUT2D eigenvalue weighted by molar-refractivity contribution is 5.94. The number of hydrogen-bond donors (Lipinski definition) is 2. The Morgan fingerprint density at radius 2 is 1.52 bits per heavy atom. The number of aliphatic carboxylic acids is 1. The molecule has 3 aromatic carbocycles. The smallest absolute Gasteiger partial charge is 0.303 e. The third kappa shape index (κ3) is 9.41. The van der Waals surface area contributed by atoms with Crippen LogP contribution in [0.3, 0.4) is 0 Å². The van der Waals surface area contributed by atoms with E-state index in [9.17, 15) is 14.7 Å². The average molecular weight is 627 g/mol. The summed E-state index contributed by atoms with van der Waals surface area (Å²) in [5.74, 6) is -0.392. The molecule has 2 atom stereocenters. The fraction of sp³-hybridized carbons (Fsp3) is 0.474. The maximum absolute atomic E-state index is 13.9. The molecule has 8 nitrogen and oxygen atoms in total. The lowest BCUT2D eigenvalue weighted by Gasteiger charge is -2.44. The number of benzene rings is 3. The second-order valence-electron chi connectivity index (χ2n) is 13.0. The Morgan fingerprint density at radius 3 is 2.28 bits per heavy atom. The first-order valence-electron chi connectivity index (χ1n) is 17.0. The highest BCUT2D eigenvalue weighted by atomic mass is 16.4. The van der Waals surface area contributed by atoms with E-state index in [1.165, 1.54) is 5.56 Å². The molecule has 0 bridgehead atoms. The number of piperazine rings is 1. The van der Waals surface area contributed by atoms with Crippen LogP contribution in [0.5, 0.6) is 5.75 Å². The minimum absolute atomic E-state index is 0.0766. The fourth-order valence-electron chi connectivity index (χ4n) is 7.07. The van der Waals surface area contributed by atoms with Crippen LogP contribution in [-0.2, 0) is 11.3 Å². The van der Waals surface area contributed by atoms with E-state index in [-0.39, 0.29) is 30.2 Å². The van der Waals surface area contributed by atoms with Crippen LogP contribution >= 0.6 is 0 Å². The Hall–Kier alpha value is -3.72. The van der Waals surface area contributed by atoms with Gasteiger partial charge in [0.1, 0.15) is 5.75 Å². The Balaban J connectivity index is 1.25. The first-order valence-corrected chi connectivity index (χ1v) is 17.0. The average Bonchev–Trinajstić information content (AvgIpc) is 3.30. The zero-order valence-electron chi connectivity index (χ0n) is 27.3. The molecule has 0 aliphatic carbocycles. The zero-order valence-corrected chi connectivity index (χ0v) is 27.3. The van der Waals surface area contributed by atoms with Crippen molar-refractivity contribution in [3.63, 3.8) is 0 Å². The monoisotopic (exact) mass is 626 g/mol. The molecule has 5 rings (SSSR count). The predicted molar refractivity (Wildman–Crippen MR) is 182 cm³/mol. The summed E-state index contributed by atoms with van der Waals surface area (Å²) in [4.78, 5) is 34.1. The van der Waals surface area contributed by atoms with Crippen LogP contribution in [0.25, 0.3) is 0 Å². The number of phenolic OH excluding ortho intramolecular Hbond substituents is 1. The van der Waals surface area contributed by atoms with Gasteiger partial charge in [-0.3, -0.25) is 19.4 Å². The van der Waals surface area contributed by atoms with Gasteiger partial charge in [-0.05, 0) is 80.2 Å². The maximum Gasteiger partial charge on any atom is 0.303 e. The molecule has 2 fully saturated rings. The summed E-state index contributed by atoms with van der Waals surface area (Å²) in [6, 6.07) is 26.5. The van der Waals surface area contributed by atoms with Gasteiger partial charge in [0, 0.05) is 63.8 Å². The summed E-state index contributed by atoms with van der Waals surface area (Å²) >= 11 is 0. The lowest BCUT2D eigenvalue weighted by Crippen LogP contribution is -2.52. The van der Waals surface area contributed by atoms with Gasteiger partial charge in [0.15, 0.2) is 0 Å². The fourth-order valence-corrected chi connectivity index (χ4v) is 7.07. The number of amides is 1. The van der Waals surface area contributed by atoms with E-state index in [1.807, 2.05) is 29.2 Å². The number of hydrogen-bond acceptors (Lipinski definition) is 6. The molecule has 246 valence electrons. The summed E-state index contributed by atoms with van der Waals surface area (Å²) in [6.07, 6.45) is 4.99. The largest absolute Gasteiger partial charge is 0.508 e. The van der Waals surface area contributed by atoms with Crippen LogP contribution in [0.15, 0.2) is 78.9 Å². The topological polar surface area (TPSA) is 87.6 Å². The molecule has 2 aliphatic rings. The third-order valence-corrected chi connectivity index (χ3v) is 9.47. The maximum atomic E-state index is 13.9. The first kappa shape index (κ1) is 33.6. The van der Waals surface area contributed by atoms with Gasteiger partial charge in [-0.2, -0.15) is 0 Å². The summed E-state index contributed by atoms with van der Waals surface area (Å²) < 4.78 is 0. The van der Waals surface area contributed by atoms with Gasteiger partial charge in [-0.1, -0.05) is 67.4 Å². The Morgan fingerprint density at radius 1 is 0.783 bits per heavy atom. The van der Waals surface area contributed by atoms with Gasteiger partial charge in [0.25, 0.3) is 5.91 Å². The van der Waals surface area contributed by atoms with Crippen molar-refractivity contribution in [3.05, 3.63) is 101 Å². The van der Waals surface area contributed by atoms with Crippen molar-refractivity contribution in [1.82, 2.24) is 19.6 Å². The number of aromatic hydroxyl groups is 1. The number of nitrogens with zero attached hydrogens (tertiary/aromatic N) is 4. The van der Waals surface area contributed by atoms with E-state index in [1.54, 1.807) is 6.07 Å². The highest BCUT2D eigenvalue weighted by Gasteiger charge is 2.32. The van der Waals surface area contributed by atoms with Gasteiger partial charge < -0.3 is 20.0 Å². The van der Waals surface area contributed by atoms with Crippen LogP contribution < -0.4 is 0 Å². The minimum Gasteiger partial charge on any atom is -0.508 e. The van der Waals surface area contributed by atoms with Crippen LogP contribution in [0, 0.1) is 0 Å². The van der Waals surface area contributed by atoms with E-state index >= 15 is 0 Å². The summed E-state index contributed by atoms with van der Waals surface area (Å²) in [5, 5.41) is 19.3. The van der Waals surface area contributed by atoms with Gasteiger partial charge in [-0.25, -0.2) is 0 Å². The molecule has 2 N–H and O–H groups in total. The van der Waals surface area contributed by atoms with Crippen molar-refractivity contribution < 1.29 is 19.8 Å². The number of phenols is 1. The number of carboxylic acids is 1. The molecule has 2 aliphatic heterocycles. The van der Waals surface area contributed by atoms with Crippen molar-refractivity contribution in [2.75, 3.05) is 52.4 Å². The van der Waals surface area contributed by atoms with Crippen molar-refractivity contribution in [1.29, 1.82) is 0 Å². The minimum atomic E-state index is -0.718. The molecular formula is C38H50N4O4. The molecule has 46 heavy (non-hydrogen) atoms. The molecule has 2 heterocycles. The number of carbonyl (C=O) groups is 2. The van der Waals surface area contributed by atoms with E-state index in [0.717, 1.165) is 95.6 Å². The van der Waals surface area contributed by atoms with Gasteiger partial charge in [0.05, 0.1) is 6.04 Å². The van der Waals surface area contributed by atoms with Crippen LogP contribution in [0.2, 0.25) is 0 Å². The van der Waals surface area contributed by atoms with E-state index in [0.29, 0.717) is 12.1 Å². The molecular weight excluding hydrogens is 576 g/mol. The normalized spacial score (nSPS) is 19.1. The molecule has 8 heteroatoms. The second-order valence-corrected chi connectivity index (χ2v) is 13.0. The predicted octanol–water partition coefficient (Wildman–Crippen LogP) is 5.87. The molecule has 3 aromatic rings. The third-order valence-electron chi connectivity index (χ3n) is 9.47. The summed E-state index contributed by atoms with van der Waals surface area (Å²) in [6.45, 7) is 10.3. The van der Waals surface area contributed by atoms with Gasteiger partial charge in [-0.15, -0.1) is 0 Å². The molecule has 0 aromatic heterocycles. The van der Waals surface area contributed by atoms with Crippen LogP contribution in [0.1, 0.15) is 78.5 Å². The quantitative estimate of drug-likeness (QED) is 0.230. The van der Waals surface area contributed by atoms with E-state index in [2.05, 4.69) is 70.2 Å². The Kier molecular flexibility index (Phi) is 12.2. The number of rotatable bonds is 13. The van der Waals surface area contributed by atoms with Crippen molar-refractivity contribution >= 4 is 11.9 Å². The second kappa shape index (κ2) is 16.7. The van der Waals surface area contributed by atoms with Gasteiger partial charge >= 0.3 is 5.97 Å². The van der Waals surface area contributed by atoms with E-state index in [4.69, 9.17) is 5.11 Å². The molecule has 1 amide bonds. The van der Waals surface area contributed by atoms with Crippen LogP contribution in [-0.4, -0.2) is 100 Å². The van der Waals surface area contributed by atoms with Gasteiger partial charge in [0.2, 0.25) is 0 Å². The Bertz CT molecular complexity index is 1420. The highest BCUT2D eigenvalue weighted by Crippen LogP contribution is 2.34. The molecule has 0 radical (unpaired) electrons. The lowest BCUT2D eigenvalue weighted by molar-refractivity contribution is -0.137. The molecule has 0 spiro atoms.